The zero-order valence-electron chi connectivity index (χ0n) is 11.9. The maximum atomic E-state index is 13.6. The van der Waals surface area contributed by atoms with Crippen LogP contribution in [0.15, 0.2) is 18.3 Å². The lowest BCUT2D eigenvalue weighted by Gasteiger charge is -2.02. The Bertz CT molecular complexity index is 838. The largest absolute Gasteiger partial charge is 0.337 e. The van der Waals surface area contributed by atoms with Gasteiger partial charge in [0.1, 0.15) is 11.5 Å². The van der Waals surface area contributed by atoms with Crippen molar-refractivity contribution < 1.29 is 9.18 Å². The number of carbonyl (C=O) groups excluding carboxylic acids is 1. The number of aromatic nitrogens is 4. The fraction of sp³-hybridized carbons (Fsp3) is 0.267. The summed E-state index contributed by atoms with van der Waals surface area (Å²) in [4.78, 5) is 19.4. The molecular weight excluding hydrogens is 285 g/mol. The van der Waals surface area contributed by atoms with Crippen molar-refractivity contribution in [1.29, 1.82) is 0 Å². The molecule has 1 aliphatic rings. The summed E-state index contributed by atoms with van der Waals surface area (Å²) in [7, 11) is 0. The quantitative estimate of drug-likeness (QED) is 0.695. The highest BCUT2D eigenvalue weighted by molar-refractivity contribution is 5.97. The maximum Gasteiger partial charge on any atom is 0.227 e. The van der Waals surface area contributed by atoms with Crippen LogP contribution in [-0.2, 0) is 4.79 Å². The Morgan fingerprint density at radius 3 is 3.00 bits per heavy atom. The second kappa shape index (κ2) is 4.66. The molecule has 0 spiro atoms. The van der Waals surface area contributed by atoms with E-state index in [0.717, 1.165) is 18.4 Å². The molecule has 0 unspecified atom stereocenters. The molecule has 22 heavy (non-hydrogen) atoms. The highest BCUT2D eigenvalue weighted by Crippen LogP contribution is 2.32. The molecule has 2 heterocycles. The van der Waals surface area contributed by atoms with E-state index in [1.165, 1.54) is 6.07 Å². The molecule has 0 radical (unpaired) electrons. The van der Waals surface area contributed by atoms with E-state index in [2.05, 4.69) is 25.5 Å². The number of hydrogen-bond acceptors (Lipinski definition) is 3. The molecule has 4 rings (SSSR count). The Balaban J connectivity index is 1.72. The minimum atomic E-state index is -0.294. The first-order valence-corrected chi connectivity index (χ1v) is 7.12. The SMILES string of the molecule is Cc1cc2[nH]c(-c3[nH]ncc3NC(=O)C3CC3)nc2cc1F. The van der Waals surface area contributed by atoms with Crippen molar-refractivity contribution in [3.63, 3.8) is 0 Å². The summed E-state index contributed by atoms with van der Waals surface area (Å²) in [6.07, 6.45) is 3.42. The van der Waals surface area contributed by atoms with Gasteiger partial charge < -0.3 is 10.3 Å². The van der Waals surface area contributed by atoms with Crippen LogP contribution in [0.4, 0.5) is 10.1 Å². The number of fused-ring (bicyclic) bond motifs is 1. The van der Waals surface area contributed by atoms with Crippen LogP contribution >= 0.6 is 0 Å². The molecule has 112 valence electrons. The Hall–Kier alpha value is -2.70. The van der Waals surface area contributed by atoms with Gasteiger partial charge in [0.15, 0.2) is 5.82 Å². The van der Waals surface area contributed by atoms with Crippen molar-refractivity contribution in [3.8, 4) is 11.5 Å². The summed E-state index contributed by atoms with van der Waals surface area (Å²) in [6.45, 7) is 1.70. The zero-order chi connectivity index (χ0) is 15.3. The number of anilines is 1. The highest BCUT2D eigenvalue weighted by atomic mass is 19.1. The van der Waals surface area contributed by atoms with Crippen molar-refractivity contribution in [2.45, 2.75) is 19.8 Å². The van der Waals surface area contributed by atoms with Crippen molar-refractivity contribution in [1.82, 2.24) is 20.2 Å². The molecule has 0 saturated heterocycles. The molecule has 1 aromatic carbocycles. The second-order valence-electron chi connectivity index (χ2n) is 5.63. The van der Waals surface area contributed by atoms with Crippen LogP contribution < -0.4 is 5.32 Å². The lowest BCUT2D eigenvalue weighted by atomic mass is 10.2. The first-order chi connectivity index (χ1) is 10.6. The predicted octanol–water partition coefficient (Wildman–Crippen LogP) is 2.75. The first kappa shape index (κ1) is 13.0. The number of imidazole rings is 1. The van der Waals surface area contributed by atoms with Gasteiger partial charge in [0, 0.05) is 12.0 Å². The Labute approximate surface area is 125 Å². The Morgan fingerprint density at radius 1 is 1.41 bits per heavy atom. The normalized spacial score (nSPS) is 14.5. The monoisotopic (exact) mass is 299 g/mol. The third-order valence-electron chi connectivity index (χ3n) is 3.84. The summed E-state index contributed by atoms with van der Waals surface area (Å²) in [5.74, 6) is 0.330. The van der Waals surface area contributed by atoms with Crippen LogP contribution in [0, 0.1) is 18.7 Å². The van der Waals surface area contributed by atoms with Gasteiger partial charge in [-0.3, -0.25) is 9.89 Å². The molecule has 0 atom stereocenters. The summed E-state index contributed by atoms with van der Waals surface area (Å²) in [6, 6.07) is 3.10. The van der Waals surface area contributed by atoms with Crippen LogP contribution in [0.5, 0.6) is 0 Å². The summed E-state index contributed by atoms with van der Waals surface area (Å²) in [5, 5.41) is 9.64. The van der Waals surface area contributed by atoms with Gasteiger partial charge in [-0.05, 0) is 31.4 Å². The van der Waals surface area contributed by atoms with Gasteiger partial charge in [0.2, 0.25) is 5.91 Å². The van der Waals surface area contributed by atoms with Crippen LogP contribution in [0.2, 0.25) is 0 Å². The predicted molar refractivity (Wildman–Crippen MR) is 79.7 cm³/mol. The smallest absolute Gasteiger partial charge is 0.227 e. The van der Waals surface area contributed by atoms with Crippen LogP contribution in [0.1, 0.15) is 18.4 Å². The number of nitrogens with zero attached hydrogens (tertiary/aromatic N) is 2. The molecule has 7 heteroatoms. The third-order valence-corrected chi connectivity index (χ3v) is 3.84. The number of H-pyrrole nitrogens is 2. The van der Waals surface area contributed by atoms with E-state index in [1.54, 1.807) is 19.2 Å². The van der Waals surface area contributed by atoms with E-state index in [1.807, 2.05) is 0 Å². The number of carbonyl (C=O) groups is 1. The number of amides is 1. The molecule has 1 fully saturated rings. The number of benzene rings is 1. The van der Waals surface area contributed by atoms with Gasteiger partial charge in [-0.15, -0.1) is 0 Å². The Morgan fingerprint density at radius 2 is 2.23 bits per heavy atom. The number of rotatable bonds is 3. The van der Waals surface area contributed by atoms with E-state index >= 15 is 0 Å². The number of aryl methyl sites for hydroxylation is 1. The lowest BCUT2D eigenvalue weighted by molar-refractivity contribution is -0.117. The minimum absolute atomic E-state index is 0.000602. The van der Waals surface area contributed by atoms with Crippen LogP contribution in [0.3, 0.4) is 0 Å². The van der Waals surface area contributed by atoms with Crippen molar-refractivity contribution in [2.24, 2.45) is 5.92 Å². The van der Waals surface area contributed by atoms with Gasteiger partial charge in [-0.25, -0.2) is 9.37 Å². The first-order valence-electron chi connectivity index (χ1n) is 7.12. The fourth-order valence-corrected chi connectivity index (χ4v) is 2.40. The number of halogens is 1. The highest BCUT2D eigenvalue weighted by Gasteiger charge is 2.30. The average Bonchev–Trinajstić information content (AvgIpc) is 3.12. The van der Waals surface area contributed by atoms with E-state index in [-0.39, 0.29) is 17.6 Å². The molecule has 0 aliphatic heterocycles. The lowest BCUT2D eigenvalue weighted by Crippen LogP contribution is -2.13. The topological polar surface area (TPSA) is 86.5 Å². The van der Waals surface area contributed by atoms with E-state index < -0.39 is 0 Å². The zero-order valence-corrected chi connectivity index (χ0v) is 11.9. The molecule has 3 N–H and O–H groups in total. The van der Waals surface area contributed by atoms with Crippen LogP contribution in [-0.4, -0.2) is 26.1 Å². The minimum Gasteiger partial charge on any atom is -0.337 e. The molecular formula is C15H14FN5O. The van der Waals surface area contributed by atoms with E-state index in [9.17, 15) is 9.18 Å². The van der Waals surface area contributed by atoms with Gasteiger partial charge in [-0.1, -0.05) is 0 Å². The van der Waals surface area contributed by atoms with Gasteiger partial charge in [0.05, 0.1) is 22.9 Å². The number of hydrogen-bond donors (Lipinski definition) is 3. The van der Waals surface area contributed by atoms with E-state index in [0.29, 0.717) is 28.3 Å². The molecule has 0 bridgehead atoms. The van der Waals surface area contributed by atoms with Crippen molar-refractivity contribution >= 4 is 22.6 Å². The molecule has 6 nitrogen and oxygen atoms in total. The molecule has 1 saturated carbocycles. The molecule has 1 amide bonds. The maximum absolute atomic E-state index is 13.6. The Kier molecular flexibility index (Phi) is 2.75. The summed E-state index contributed by atoms with van der Waals surface area (Å²) in [5.41, 5.74) is 2.99. The summed E-state index contributed by atoms with van der Waals surface area (Å²) >= 11 is 0. The van der Waals surface area contributed by atoms with Crippen LogP contribution in [0.25, 0.3) is 22.6 Å². The van der Waals surface area contributed by atoms with Gasteiger partial charge >= 0.3 is 0 Å². The summed E-state index contributed by atoms with van der Waals surface area (Å²) < 4.78 is 13.6. The number of nitrogens with one attached hydrogen (secondary N) is 3. The standard InChI is InChI=1S/C15H14FN5O/c1-7-4-10-11(5-9(7)16)19-14(18-10)13-12(6-17-21-13)20-15(22)8-2-3-8/h4-6,8H,2-3H2,1H3,(H,17,21)(H,18,19)(H,20,22). The molecule has 3 aromatic rings. The second-order valence-corrected chi connectivity index (χ2v) is 5.63. The van der Waals surface area contributed by atoms with Crippen molar-refractivity contribution in [3.05, 3.63) is 29.7 Å². The van der Waals surface area contributed by atoms with Crippen molar-refractivity contribution in [2.75, 3.05) is 5.32 Å². The fourth-order valence-electron chi connectivity index (χ4n) is 2.40. The van der Waals surface area contributed by atoms with E-state index in [4.69, 9.17) is 0 Å². The average molecular weight is 299 g/mol. The van der Waals surface area contributed by atoms with Gasteiger partial charge in [0.25, 0.3) is 0 Å². The molecule has 2 aromatic heterocycles. The molecule has 1 aliphatic carbocycles. The van der Waals surface area contributed by atoms with Gasteiger partial charge in [-0.2, -0.15) is 5.10 Å². The third kappa shape index (κ3) is 2.14. The number of aromatic amines is 2.